The number of rotatable bonds is 10. The predicted molar refractivity (Wildman–Crippen MR) is 224 cm³/mol. The monoisotopic (exact) mass is 827 g/mol. The van der Waals surface area contributed by atoms with Gasteiger partial charge in [0, 0.05) is 68.1 Å². The van der Waals surface area contributed by atoms with E-state index in [0.29, 0.717) is 63.7 Å². The molecule has 6 rings (SSSR count). The van der Waals surface area contributed by atoms with Gasteiger partial charge in [-0.25, -0.2) is 4.79 Å². The summed E-state index contributed by atoms with van der Waals surface area (Å²) in [6.45, 7) is 6.78. The largest absolute Gasteiger partial charge is 0.507 e. The van der Waals surface area contributed by atoms with Crippen LogP contribution in [0.25, 0.3) is 6.08 Å². The first-order chi connectivity index (χ1) is 28.7. The number of hydrogen-bond acceptors (Lipinski definition) is 11. The number of nitrogens with zero attached hydrogens (tertiary/aromatic N) is 2. The van der Waals surface area contributed by atoms with E-state index < -0.39 is 41.4 Å². The summed E-state index contributed by atoms with van der Waals surface area (Å²) in [6, 6.07) is 8.88. The zero-order chi connectivity index (χ0) is 43.2. The van der Waals surface area contributed by atoms with Crippen LogP contribution in [0.4, 0.5) is 0 Å². The highest BCUT2D eigenvalue weighted by Crippen LogP contribution is 2.48. The van der Waals surface area contributed by atoms with Gasteiger partial charge in [0.25, 0.3) is 5.56 Å². The van der Waals surface area contributed by atoms with Crippen LogP contribution in [0.1, 0.15) is 117 Å². The molecule has 1 saturated heterocycles. The minimum atomic E-state index is -1.12. The number of carbonyl (C=O) groups excluding carboxylic acids is 4. The van der Waals surface area contributed by atoms with Crippen LogP contribution >= 0.6 is 0 Å². The summed E-state index contributed by atoms with van der Waals surface area (Å²) >= 11 is 0. The maximum absolute atomic E-state index is 14.4. The Hall–Kier alpha value is -5.79. The number of ketones is 1. The lowest BCUT2D eigenvalue weighted by Gasteiger charge is -2.44. The lowest BCUT2D eigenvalue weighted by molar-refractivity contribution is -0.140. The van der Waals surface area contributed by atoms with Gasteiger partial charge in [-0.1, -0.05) is 32.1 Å². The fraction of sp³-hybridized carbons (Fsp3) is 0.500. The van der Waals surface area contributed by atoms with Crippen molar-refractivity contribution in [1.29, 1.82) is 0 Å². The van der Waals surface area contributed by atoms with Crippen molar-refractivity contribution in [1.82, 2.24) is 14.8 Å². The van der Waals surface area contributed by atoms with Crippen LogP contribution in [0.2, 0.25) is 0 Å². The Morgan fingerprint density at radius 2 is 1.67 bits per heavy atom. The fourth-order valence-electron chi connectivity index (χ4n) is 8.91. The van der Waals surface area contributed by atoms with Gasteiger partial charge in [-0.05, 0) is 86.3 Å². The number of phenolic OH excluding ortho intramolecular Hbond substituents is 2. The number of methoxy groups -OCH3 is 3. The maximum atomic E-state index is 14.4. The molecule has 0 radical (unpaired) electrons. The van der Waals surface area contributed by atoms with Crippen LogP contribution in [-0.2, 0) is 25.7 Å². The Bertz CT molecular complexity index is 2170. The van der Waals surface area contributed by atoms with Crippen LogP contribution in [0.5, 0.6) is 28.7 Å². The van der Waals surface area contributed by atoms with Crippen LogP contribution in [0, 0.1) is 11.8 Å². The number of likely N-dealkylation sites (tertiary alicyclic amines) is 1. The van der Waals surface area contributed by atoms with E-state index in [1.165, 1.54) is 27.4 Å². The molecule has 0 saturated carbocycles. The highest BCUT2D eigenvalue weighted by Gasteiger charge is 2.40. The Morgan fingerprint density at radius 1 is 0.950 bits per heavy atom. The summed E-state index contributed by atoms with van der Waals surface area (Å²) in [5, 5.41) is 26.9. The minimum Gasteiger partial charge on any atom is -0.507 e. The van der Waals surface area contributed by atoms with Crippen molar-refractivity contribution in [3.63, 3.8) is 0 Å². The molecule has 3 aromatic rings. The number of Topliss-reactive ketones (excluding diaryl/α,β-unsaturated/α-hetero) is 1. The lowest BCUT2D eigenvalue weighted by Crippen LogP contribution is -2.56. The third-order valence-electron chi connectivity index (χ3n) is 11.9. The van der Waals surface area contributed by atoms with Gasteiger partial charge in [0.2, 0.25) is 17.6 Å². The molecular formula is C46H57N3O11. The Balaban J connectivity index is 1.37. The van der Waals surface area contributed by atoms with E-state index in [-0.39, 0.29) is 75.4 Å². The van der Waals surface area contributed by atoms with Crippen molar-refractivity contribution in [3.8, 4) is 28.7 Å². The van der Waals surface area contributed by atoms with E-state index >= 15 is 0 Å². The first-order valence-corrected chi connectivity index (χ1v) is 20.8. The highest BCUT2D eigenvalue weighted by atomic mass is 16.5. The number of piperidine rings is 1. The first kappa shape index (κ1) is 43.8. The number of aromatic hydroxyl groups is 2. The molecule has 60 heavy (non-hydrogen) atoms. The van der Waals surface area contributed by atoms with Gasteiger partial charge >= 0.3 is 5.97 Å². The number of carbonyl (C=O) groups is 4. The molecule has 1 aromatic heterocycles. The Labute approximate surface area is 350 Å². The van der Waals surface area contributed by atoms with Crippen molar-refractivity contribution < 1.29 is 48.3 Å². The zero-order valence-electron chi connectivity index (χ0n) is 35.3. The summed E-state index contributed by atoms with van der Waals surface area (Å²) in [6.07, 6.45) is 6.16. The zero-order valence-corrected chi connectivity index (χ0v) is 35.3. The van der Waals surface area contributed by atoms with E-state index in [0.717, 1.165) is 12.1 Å². The molecule has 14 nitrogen and oxygen atoms in total. The molecule has 2 bridgehead atoms. The second-order valence-corrected chi connectivity index (χ2v) is 16.5. The van der Waals surface area contributed by atoms with E-state index in [1.54, 1.807) is 52.8 Å². The van der Waals surface area contributed by atoms with Crippen molar-refractivity contribution in [2.24, 2.45) is 11.8 Å². The molecule has 0 aliphatic carbocycles. The van der Waals surface area contributed by atoms with Gasteiger partial charge in [0.1, 0.15) is 28.9 Å². The third-order valence-corrected chi connectivity index (χ3v) is 11.9. The number of ether oxygens (including phenoxy) is 4. The molecule has 2 amide bonds. The van der Waals surface area contributed by atoms with Gasteiger partial charge < -0.3 is 43.9 Å². The van der Waals surface area contributed by atoms with Crippen molar-refractivity contribution in [2.45, 2.75) is 103 Å². The molecule has 5 atom stereocenters. The molecule has 2 aromatic carbocycles. The predicted octanol–water partition coefficient (Wildman–Crippen LogP) is 6.08. The van der Waals surface area contributed by atoms with Crippen molar-refractivity contribution in [2.75, 3.05) is 34.4 Å². The van der Waals surface area contributed by atoms with Gasteiger partial charge in [0.15, 0.2) is 11.5 Å². The Morgan fingerprint density at radius 3 is 2.35 bits per heavy atom. The summed E-state index contributed by atoms with van der Waals surface area (Å²) in [7, 11) is 4.33. The Kier molecular flexibility index (Phi) is 13.9. The molecule has 1 fully saturated rings. The maximum Gasteiger partial charge on any atom is 0.342 e. The minimum absolute atomic E-state index is 0.0168. The molecule has 4 heterocycles. The number of phenols is 2. The van der Waals surface area contributed by atoms with Crippen LogP contribution in [0.3, 0.4) is 0 Å². The number of allylic oxidation sites excluding steroid dienone is 1. The molecule has 3 aliphatic heterocycles. The number of fused-ring (bicyclic) bond motifs is 5. The third kappa shape index (κ3) is 9.48. The summed E-state index contributed by atoms with van der Waals surface area (Å²) < 4.78 is 24.4. The highest BCUT2D eigenvalue weighted by molar-refractivity contribution is 5.98. The smallest absolute Gasteiger partial charge is 0.342 e. The molecular weight excluding hydrogens is 771 g/mol. The molecule has 0 spiro atoms. The van der Waals surface area contributed by atoms with Crippen LogP contribution in [-0.4, -0.2) is 89.8 Å². The van der Waals surface area contributed by atoms with E-state index in [2.05, 4.69) is 5.32 Å². The quantitative estimate of drug-likeness (QED) is 0.202. The number of pyridine rings is 1. The topological polar surface area (TPSA) is 183 Å². The SMILES string of the molecule is COc1cc(C(CC(=O)N[C@H](C(=O)N2CC3CC(C2)c2cccc(=O)n2C3)C(C)C)c2c(O)cc3c(c2O)C(=O)O[C@@H](C)CCCC(=O)CCCC=C3)cc(OC)c1OC. The number of cyclic esters (lactones) is 1. The van der Waals surface area contributed by atoms with Gasteiger partial charge in [-0.2, -0.15) is 0 Å². The number of amides is 2. The molecule has 322 valence electrons. The summed E-state index contributed by atoms with van der Waals surface area (Å²) in [5.41, 5.74) is 1.12. The molecule has 14 heteroatoms. The van der Waals surface area contributed by atoms with Crippen LogP contribution < -0.4 is 25.1 Å². The van der Waals surface area contributed by atoms with E-state index in [9.17, 15) is 34.2 Å². The average Bonchev–Trinajstić information content (AvgIpc) is 3.21. The van der Waals surface area contributed by atoms with Gasteiger partial charge in [-0.15, -0.1) is 0 Å². The number of nitrogens with one attached hydrogen (secondary N) is 1. The number of aromatic nitrogens is 1. The number of hydrogen-bond donors (Lipinski definition) is 3. The van der Waals surface area contributed by atoms with E-state index in [4.69, 9.17) is 18.9 Å². The first-order valence-electron chi connectivity index (χ1n) is 20.8. The molecule has 3 aliphatic rings. The molecule has 3 N–H and O–H groups in total. The second kappa shape index (κ2) is 19.1. The number of esters is 1. The van der Waals surface area contributed by atoms with Gasteiger partial charge in [0.05, 0.1) is 27.4 Å². The fourth-order valence-corrected chi connectivity index (χ4v) is 8.91. The summed E-state index contributed by atoms with van der Waals surface area (Å²) in [5.74, 6) is -3.04. The van der Waals surface area contributed by atoms with Crippen LogP contribution in [0.15, 0.2) is 47.3 Å². The second-order valence-electron chi connectivity index (χ2n) is 16.5. The van der Waals surface area contributed by atoms with Crippen molar-refractivity contribution >= 4 is 29.6 Å². The standard InChI is InChI=1S/C46H57N3O11/c1-26(2)42(45(55)48-23-28-18-31(25-48)34-16-11-17-39(53)49(34)24-28)47-38(52)22-33(30-20-36(57-4)44(59-6)37(21-30)58-5)41-35(51)19-29-13-8-7-9-14-32(50)15-10-12-27(3)60-46(56)40(29)43(41)54/h8,11,13,16-17,19-21,26-28,31,33,42,51,54H,7,9-10,12,14-15,18,22-25H2,1-6H3,(H,47,52)/t27-,28?,31?,33?,42-/m0/s1. The lowest BCUT2D eigenvalue weighted by atomic mass is 9.82. The number of benzene rings is 2. The summed E-state index contributed by atoms with van der Waals surface area (Å²) in [4.78, 5) is 69.4. The van der Waals surface area contributed by atoms with Gasteiger partial charge in [-0.3, -0.25) is 19.2 Å². The molecule has 3 unspecified atom stereocenters. The average molecular weight is 828 g/mol. The van der Waals surface area contributed by atoms with E-state index in [1.807, 2.05) is 19.9 Å². The van der Waals surface area contributed by atoms with Crippen molar-refractivity contribution in [3.05, 3.63) is 80.8 Å². The normalized spacial score (nSPS) is 20.5.